The van der Waals surface area contributed by atoms with Crippen molar-refractivity contribution in [1.29, 1.82) is 0 Å². The first kappa shape index (κ1) is 19.0. The minimum absolute atomic E-state index is 0.156. The van der Waals surface area contributed by atoms with Crippen LogP contribution in [0.3, 0.4) is 0 Å². The van der Waals surface area contributed by atoms with Crippen LogP contribution in [0.5, 0.6) is 11.5 Å². The second-order valence-electron chi connectivity index (χ2n) is 7.22. The van der Waals surface area contributed by atoms with Gasteiger partial charge in [-0.1, -0.05) is 18.2 Å². The van der Waals surface area contributed by atoms with Crippen LogP contribution < -0.4 is 10.1 Å². The van der Waals surface area contributed by atoms with Crippen LogP contribution in [-0.2, 0) is 38.5 Å². The molecule has 1 N–H and O–H groups in total. The molecular weight excluding hydrogens is 372 g/mol. The number of ether oxygens (including phenoxy) is 2. The predicted octanol–water partition coefficient (Wildman–Crippen LogP) is 1.97. The highest BCUT2D eigenvalue weighted by atomic mass is 16.5. The van der Waals surface area contributed by atoms with E-state index in [0.29, 0.717) is 24.3 Å². The molecule has 7 nitrogen and oxygen atoms in total. The first-order valence-corrected chi connectivity index (χ1v) is 9.56. The zero-order valence-corrected chi connectivity index (χ0v) is 16.1. The maximum Gasteiger partial charge on any atom is 0.328 e. The molecule has 0 saturated carbocycles. The minimum Gasteiger partial charge on any atom is -0.467 e. The highest BCUT2D eigenvalue weighted by molar-refractivity contribution is 5.89. The summed E-state index contributed by atoms with van der Waals surface area (Å²) in [6, 6.07) is 12.6. The third-order valence-corrected chi connectivity index (χ3v) is 5.34. The van der Waals surface area contributed by atoms with Crippen LogP contribution >= 0.6 is 0 Å². The van der Waals surface area contributed by atoms with E-state index >= 15 is 0 Å². The summed E-state index contributed by atoms with van der Waals surface area (Å²) in [5.41, 5.74) is 2.89. The Kier molecular flexibility index (Phi) is 5.20. The largest absolute Gasteiger partial charge is 0.467 e. The van der Waals surface area contributed by atoms with Crippen LogP contribution in [-0.4, -0.2) is 42.4 Å². The van der Waals surface area contributed by atoms with Gasteiger partial charge in [0.25, 0.3) is 0 Å². The lowest BCUT2D eigenvalue weighted by Crippen LogP contribution is -2.52. The van der Waals surface area contributed by atoms with Crippen LogP contribution in [0, 0.1) is 0 Å². The highest BCUT2D eigenvalue weighted by Gasteiger charge is 2.35. The molecule has 0 fully saturated rings. The second-order valence-corrected chi connectivity index (χ2v) is 7.22. The van der Waals surface area contributed by atoms with Gasteiger partial charge in [0.2, 0.25) is 11.8 Å². The van der Waals surface area contributed by atoms with Gasteiger partial charge in [-0.2, -0.15) is 0 Å². The van der Waals surface area contributed by atoms with Crippen molar-refractivity contribution < 1.29 is 23.9 Å². The Bertz CT molecular complexity index is 954. The second kappa shape index (κ2) is 7.95. The predicted molar refractivity (Wildman–Crippen MR) is 104 cm³/mol. The van der Waals surface area contributed by atoms with E-state index in [0.717, 1.165) is 16.7 Å². The number of benzene rings is 2. The zero-order chi connectivity index (χ0) is 20.4. The number of methoxy groups -OCH3 is 1. The van der Waals surface area contributed by atoms with Gasteiger partial charge < -0.3 is 19.7 Å². The lowest BCUT2D eigenvalue weighted by molar-refractivity contribution is -0.153. The Balaban J connectivity index is 1.70. The third-order valence-electron chi connectivity index (χ3n) is 5.34. The summed E-state index contributed by atoms with van der Waals surface area (Å²) >= 11 is 0. The SMILES string of the molecule is COC(=O)C1Cc2ccc3cc2CN1C(=O)CNC(=O)CCc1ccc(cc1)O3. The number of hydrogen-bond acceptors (Lipinski definition) is 5. The molecule has 3 heterocycles. The molecule has 2 aromatic rings. The van der Waals surface area contributed by atoms with Crippen molar-refractivity contribution in [1.82, 2.24) is 10.2 Å². The van der Waals surface area contributed by atoms with Crippen molar-refractivity contribution in [3.8, 4) is 11.5 Å². The maximum atomic E-state index is 12.8. The zero-order valence-electron chi connectivity index (χ0n) is 16.1. The van der Waals surface area contributed by atoms with Crippen LogP contribution in [0.25, 0.3) is 0 Å². The number of carbonyl (C=O) groups is 3. The molecule has 1 atom stereocenters. The van der Waals surface area contributed by atoms with Crippen molar-refractivity contribution >= 4 is 17.8 Å². The van der Waals surface area contributed by atoms with E-state index in [1.165, 1.54) is 12.0 Å². The number of aryl methyl sites for hydroxylation is 1. The molecule has 0 spiro atoms. The van der Waals surface area contributed by atoms with Gasteiger partial charge in [0.05, 0.1) is 13.7 Å². The van der Waals surface area contributed by atoms with Crippen LogP contribution in [0.1, 0.15) is 23.1 Å². The molecule has 0 aliphatic carbocycles. The molecule has 3 aliphatic heterocycles. The molecule has 5 bridgehead atoms. The van der Waals surface area contributed by atoms with E-state index in [9.17, 15) is 14.4 Å². The molecule has 29 heavy (non-hydrogen) atoms. The minimum atomic E-state index is -0.714. The molecule has 2 amide bonds. The quantitative estimate of drug-likeness (QED) is 0.748. The number of rotatable bonds is 1. The Labute approximate surface area is 168 Å². The molecule has 7 heteroatoms. The topological polar surface area (TPSA) is 84.9 Å². The number of nitrogens with zero attached hydrogens (tertiary/aromatic N) is 1. The Morgan fingerprint density at radius 1 is 1.07 bits per heavy atom. The van der Waals surface area contributed by atoms with E-state index in [2.05, 4.69) is 5.32 Å². The van der Waals surface area contributed by atoms with Crippen LogP contribution in [0.2, 0.25) is 0 Å². The standard InChI is InChI=1S/C22H22N2O5/c1-28-22(27)19-11-15-5-8-18-10-16(15)13-24(19)21(26)12-23-20(25)9-4-14-2-6-17(29-18)7-3-14/h2-3,5-8,10,19H,4,9,11-13H2,1H3,(H,23,25). The van der Waals surface area contributed by atoms with Gasteiger partial charge in [0.15, 0.2) is 0 Å². The Morgan fingerprint density at radius 2 is 1.83 bits per heavy atom. The summed E-state index contributed by atoms with van der Waals surface area (Å²) < 4.78 is 10.9. The lowest BCUT2D eigenvalue weighted by Gasteiger charge is -2.35. The molecular formula is C22H22N2O5. The van der Waals surface area contributed by atoms with E-state index in [1.807, 2.05) is 42.5 Å². The van der Waals surface area contributed by atoms with Gasteiger partial charge in [-0.25, -0.2) is 4.79 Å². The Hall–Kier alpha value is -3.35. The molecule has 5 rings (SSSR count). The summed E-state index contributed by atoms with van der Waals surface area (Å²) in [6.07, 6.45) is 1.20. The number of esters is 1. The molecule has 2 aromatic carbocycles. The van der Waals surface area contributed by atoms with Crippen LogP contribution in [0.15, 0.2) is 42.5 Å². The fraction of sp³-hybridized carbons (Fsp3) is 0.318. The van der Waals surface area contributed by atoms with Gasteiger partial charge >= 0.3 is 5.97 Å². The lowest BCUT2D eigenvalue weighted by atomic mass is 9.93. The van der Waals surface area contributed by atoms with E-state index < -0.39 is 12.0 Å². The molecule has 0 radical (unpaired) electrons. The summed E-state index contributed by atoms with van der Waals surface area (Å²) in [5, 5.41) is 2.67. The van der Waals surface area contributed by atoms with E-state index in [4.69, 9.17) is 9.47 Å². The number of hydrogen-bond donors (Lipinski definition) is 1. The fourth-order valence-corrected chi connectivity index (χ4v) is 3.72. The van der Waals surface area contributed by atoms with Gasteiger partial charge in [-0.3, -0.25) is 9.59 Å². The molecule has 3 aliphatic rings. The first-order valence-electron chi connectivity index (χ1n) is 9.56. The van der Waals surface area contributed by atoms with Crippen molar-refractivity contribution in [3.63, 3.8) is 0 Å². The van der Waals surface area contributed by atoms with Crippen molar-refractivity contribution in [2.75, 3.05) is 13.7 Å². The van der Waals surface area contributed by atoms with E-state index in [1.54, 1.807) is 0 Å². The average molecular weight is 394 g/mol. The van der Waals surface area contributed by atoms with Crippen molar-refractivity contribution in [3.05, 3.63) is 59.2 Å². The summed E-state index contributed by atoms with van der Waals surface area (Å²) in [6.45, 7) is 0.0940. The Morgan fingerprint density at radius 3 is 2.59 bits per heavy atom. The smallest absolute Gasteiger partial charge is 0.328 e. The van der Waals surface area contributed by atoms with Gasteiger partial charge in [-0.15, -0.1) is 0 Å². The van der Waals surface area contributed by atoms with Crippen molar-refractivity contribution in [2.24, 2.45) is 0 Å². The summed E-state index contributed by atoms with van der Waals surface area (Å²) in [7, 11) is 1.31. The first-order chi connectivity index (χ1) is 14.0. The number of amides is 2. The van der Waals surface area contributed by atoms with Crippen molar-refractivity contribution in [2.45, 2.75) is 31.8 Å². The third kappa shape index (κ3) is 4.08. The highest BCUT2D eigenvalue weighted by Crippen LogP contribution is 2.30. The normalized spacial score (nSPS) is 18.9. The molecule has 150 valence electrons. The molecule has 0 saturated heterocycles. The van der Waals surface area contributed by atoms with Gasteiger partial charge in [-0.05, 0) is 47.4 Å². The number of nitrogens with one attached hydrogen (secondary N) is 1. The maximum absolute atomic E-state index is 12.8. The molecule has 0 aromatic heterocycles. The monoisotopic (exact) mass is 394 g/mol. The fourth-order valence-electron chi connectivity index (χ4n) is 3.72. The van der Waals surface area contributed by atoms with Gasteiger partial charge in [0.1, 0.15) is 17.5 Å². The van der Waals surface area contributed by atoms with E-state index in [-0.39, 0.29) is 31.3 Å². The average Bonchev–Trinajstić information content (AvgIpc) is 2.74. The van der Waals surface area contributed by atoms with Crippen LogP contribution in [0.4, 0.5) is 0 Å². The summed E-state index contributed by atoms with van der Waals surface area (Å²) in [5.74, 6) is 0.369. The number of fused-ring (bicyclic) bond motifs is 7. The molecule has 1 unspecified atom stereocenters. The summed E-state index contributed by atoms with van der Waals surface area (Å²) in [4.78, 5) is 38.7. The number of carbonyl (C=O) groups excluding carboxylic acids is 3. The van der Waals surface area contributed by atoms with Gasteiger partial charge in [0, 0.05) is 19.4 Å².